The highest BCUT2D eigenvalue weighted by Crippen LogP contribution is 2.15. The lowest BCUT2D eigenvalue weighted by atomic mass is 10.1. The van der Waals surface area contributed by atoms with Crippen molar-refractivity contribution < 1.29 is 0 Å². The van der Waals surface area contributed by atoms with E-state index < -0.39 is 0 Å². The maximum atomic E-state index is 4.10. The fraction of sp³-hybridized carbons (Fsp3) is 0.273. The number of hydrogen-bond acceptors (Lipinski definition) is 3. The van der Waals surface area contributed by atoms with Crippen LogP contribution in [0.2, 0.25) is 0 Å². The van der Waals surface area contributed by atoms with Crippen molar-refractivity contribution in [3.05, 3.63) is 42.5 Å². The molecule has 4 heteroatoms. The van der Waals surface area contributed by atoms with Crippen molar-refractivity contribution in [1.82, 2.24) is 20.1 Å². The lowest BCUT2D eigenvalue weighted by Gasteiger charge is -2.11. The van der Waals surface area contributed by atoms with Gasteiger partial charge in [-0.05, 0) is 31.7 Å². The van der Waals surface area contributed by atoms with Gasteiger partial charge >= 0.3 is 0 Å². The summed E-state index contributed by atoms with van der Waals surface area (Å²) in [5, 5.41) is 7.31. The third-order valence-electron chi connectivity index (χ3n) is 2.49. The van der Waals surface area contributed by atoms with Gasteiger partial charge in [0.2, 0.25) is 0 Å². The zero-order valence-corrected chi connectivity index (χ0v) is 8.88. The molecule has 0 aliphatic heterocycles. The molecule has 78 valence electrons. The van der Waals surface area contributed by atoms with Gasteiger partial charge < -0.3 is 5.32 Å². The monoisotopic (exact) mass is 202 g/mol. The van der Waals surface area contributed by atoms with Crippen LogP contribution in [-0.2, 0) is 0 Å². The van der Waals surface area contributed by atoms with Gasteiger partial charge in [-0.25, -0.2) is 9.67 Å². The normalized spacial score (nSPS) is 12.7. The molecule has 0 spiro atoms. The van der Waals surface area contributed by atoms with Crippen molar-refractivity contribution in [3.63, 3.8) is 0 Å². The summed E-state index contributed by atoms with van der Waals surface area (Å²) < 4.78 is 1.76. The highest BCUT2D eigenvalue weighted by molar-refractivity contribution is 5.35. The number of nitrogens with zero attached hydrogens (tertiary/aromatic N) is 3. The first kappa shape index (κ1) is 9.86. The molecule has 0 saturated carbocycles. The largest absolute Gasteiger partial charge is 0.313 e. The number of aromatic nitrogens is 3. The SMILES string of the molecule is CNC(C)c1cccc(-n2cncn2)c1. The van der Waals surface area contributed by atoms with Crippen LogP contribution >= 0.6 is 0 Å². The highest BCUT2D eigenvalue weighted by Gasteiger charge is 2.03. The van der Waals surface area contributed by atoms with Crippen LogP contribution in [0.4, 0.5) is 0 Å². The number of rotatable bonds is 3. The fourth-order valence-electron chi connectivity index (χ4n) is 1.44. The first-order chi connectivity index (χ1) is 7.31. The minimum atomic E-state index is 0.341. The van der Waals surface area contributed by atoms with Crippen molar-refractivity contribution in [3.8, 4) is 5.69 Å². The van der Waals surface area contributed by atoms with E-state index in [2.05, 4.69) is 34.5 Å². The topological polar surface area (TPSA) is 42.7 Å². The van der Waals surface area contributed by atoms with E-state index in [0.29, 0.717) is 6.04 Å². The quantitative estimate of drug-likeness (QED) is 0.821. The summed E-state index contributed by atoms with van der Waals surface area (Å²) in [7, 11) is 1.95. The standard InChI is InChI=1S/C11H14N4/c1-9(12-2)10-4-3-5-11(6-10)15-8-13-7-14-15/h3-9,12H,1-2H3. The number of hydrogen-bond donors (Lipinski definition) is 1. The van der Waals surface area contributed by atoms with Crippen LogP contribution in [0.15, 0.2) is 36.9 Å². The van der Waals surface area contributed by atoms with E-state index in [1.54, 1.807) is 11.0 Å². The molecule has 0 bridgehead atoms. The Morgan fingerprint density at radius 2 is 2.27 bits per heavy atom. The molecular formula is C11H14N4. The Morgan fingerprint density at radius 3 is 2.93 bits per heavy atom. The van der Waals surface area contributed by atoms with Gasteiger partial charge in [0.05, 0.1) is 5.69 Å². The molecule has 1 atom stereocenters. The zero-order chi connectivity index (χ0) is 10.7. The predicted octanol–water partition coefficient (Wildman–Crippen LogP) is 1.55. The summed E-state index contributed by atoms with van der Waals surface area (Å²) >= 11 is 0. The maximum absolute atomic E-state index is 4.10. The molecule has 15 heavy (non-hydrogen) atoms. The molecule has 1 N–H and O–H groups in total. The Kier molecular flexibility index (Phi) is 2.78. The van der Waals surface area contributed by atoms with Crippen molar-refractivity contribution >= 4 is 0 Å². The van der Waals surface area contributed by atoms with Crippen LogP contribution in [-0.4, -0.2) is 21.8 Å². The van der Waals surface area contributed by atoms with Crippen molar-refractivity contribution in [2.75, 3.05) is 7.05 Å². The molecule has 1 unspecified atom stereocenters. The Labute approximate surface area is 89.0 Å². The van der Waals surface area contributed by atoms with Crippen molar-refractivity contribution in [2.24, 2.45) is 0 Å². The van der Waals surface area contributed by atoms with Gasteiger partial charge in [-0.15, -0.1) is 0 Å². The summed E-state index contributed by atoms with van der Waals surface area (Å²) in [6.45, 7) is 2.13. The van der Waals surface area contributed by atoms with Gasteiger partial charge in [-0.2, -0.15) is 5.10 Å². The molecule has 0 amide bonds. The minimum Gasteiger partial charge on any atom is -0.313 e. The van der Waals surface area contributed by atoms with Gasteiger partial charge in [0.1, 0.15) is 12.7 Å². The second-order valence-corrected chi connectivity index (χ2v) is 3.45. The average Bonchev–Trinajstić information content (AvgIpc) is 2.82. The first-order valence-electron chi connectivity index (χ1n) is 4.93. The maximum Gasteiger partial charge on any atom is 0.138 e. The van der Waals surface area contributed by atoms with E-state index in [9.17, 15) is 0 Å². The molecule has 2 rings (SSSR count). The predicted molar refractivity (Wildman–Crippen MR) is 58.8 cm³/mol. The average molecular weight is 202 g/mol. The molecule has 1 aromatic heterocycles. The molecule has 0 fully saturated rings. The lowest BCUT2D eigenvalue weighted by Crippen LogP contribution is -2.12. The zero-order valence-electron chi connectivity index (χ0n) is 8.88. The molecule has 0 radical (unpaired) electrons. The van der Waals surface area contributed by atoms with Gasteiger partial charge in [0.25, 0.3) is 0 Å². The molecule has 0 saturated heterocycles. The summed E-state index contributed by atoms with van der Waals surface area (Å²) in [4.78, 5) is 3.93. The second kappa shape index (κ2) is 4.23. The Morgan fingerprint density at radius 1 is 1.40 bits per heavy atom. The molecular weight excluding hydrogens is 188 g/mol. The Bertz CT molecular complexity index is 422. The second-order valence-electron chi connectivity index (χ2n) is 3.45. The third-order valence-corrected chi connectivity index (χ3v) is 2.49. The van der Waals surface area contributed by atoms with Crippen LogP contribution in [0.25, 0.3) is 5.69 Å². The van der Waals surface area contributed by atoms with Crippen LogP contribution in [0.5, 0.6) is 0 Å². The Hall–Kier alpha value is -1.68. The number of nitrogens with one attached hydrogen (secondary N) is 1. The van der Waals surface area contributed by atoms with Crippen LogP contribution < -0.4 is 5.32 Å². The summed E-state index contributed by atoms with van der Waals surface area (Å²) in [5.41, 5.74) is 2.28. The summed E-state index contributed by atoms with van der Waals surface area (Å²) in [5.74, 6) is 0. The third kappa shape index (κ3) is 2.05. The minimum absolute atomic E-state index is 0.341. The van der Waals surface area contributed by atoms with Gasteiger partial charge in [-0.3, -0.25) is 0 Å². The molecule has 0 aliphatic rings. The van der Waals surface area contributed by atoms with E-state index >= 15 is 0 Å². The highest BCUT2D eigenvalue weighted by atomic mass is 15.3. The Balaban J connectivity index is 2.35. The molecule has 4 nitrogen and oxygen atoms in total. The van der Waals surface area contributed by atoms with Gasteiger partial charge in [-0.1, -0.05) is 12.1 Å². The first-order valence-corrected chi connectivity index (χ1v) is 4.93. The molecule has 1 heterocycles. The fourth-order valence-corrected chi connectivity index (χ4v) is 1.44. The number of benzene rings is 1. The van der Waals surface area contributed by atoms with E-state index in [4.69, 9.17) is 0 Å². The smallest absolute Gasteiger partial charge is 0.138 e. The van der Waals surface area contributed by atoms with E-state index in [1.165, 1.54) is 11.9 Å². The summed E-state index contributed by atoms with van der Waals surface area (Å²) in [6, 6.07) is 8.59. The van der Waals surface area contributed by atoms with Crippen LogP contribution in [0.1, 0.15) is 18.5 Å². The van der Waals surface area contributed by atoms with Crippen molar-refractivity contribution in [1.29, 1.82) is 0 Å². The van der Waals surface area contributed by atoms with Gasteiger partial charge in [0, 0.05) is 6.04 Å². The van der Waals surface area contributed by atoms with Crippen molar-refractivity contribution in [2.45, 2.75) is 13.0 Å². The molecule has 0 aliphatic carbocycles. The van der Waals surface area contributed by atoms with E-state index in [-0.39, 0.29) is 0 Å². The summed E-state index contributed by atoms with van der Waals surface area (Å²) in [6.07, 6.45) is 3.23. The van der Waals surface area contributed by atoms with E-state index in [1.807, 2.05) is 19.2 Å². The molecule has 1 aromatic carbocycles. The molecule has 2 aromatic rings. The van der Waals surface area contributed by atoms with Gasteiger partial charge in [0.15, 0.2) is 0 Å². The van der Waals surface area contributed by atoms with Crippen LogP contribution in [0, 0.1) is 0 Å². The lowest BCUT2D eigenvalue weighted by molar-refractivity contribution is 0.651. The van der Waals surface area contributed by atoms with E-state index in [0.717, 1.165) is 5.69 Å². The van der Waals surface area contributed by atoms with Crippen LogP contribution in [0.3, 0.4) is 0 Å².